The maximum absolute atomic E-state index is 13.3. The summed E-state index contributed by atoms with van der Waals surface area (Å²) < 4.78 is 0. The van der Waals surface area contributed by atoms with Gasteiger partial charge in [-0.15, -0.1) is 0 Å². The Kier molecular flexibility index (Phi) is 9.09. The zero-order valence-corrected chi connectivity index (χ0v) is 24.9. The minimum Gasteiger partial charge on any atom is -0.299 e. The van der Waals surface area contributed by atoms with Crippen molar-refractivity contribution in [1.29, 1.82) is 0 Å². The van der Waals surface area contributed by atoms with Gasteiger partial charge in [-0.1, -0.05) is 101 Å². The fourth-order valence-electron chi connectivity index (χ4n) is 7.70. The standard InChI is InChI=1S/C37H51NO/c1-5-7-11-28(10-6-2)23-35(39)30-15-14-26(3)31(17-16-30)24-33-19-18-32-22-27(4)37(20-21-37)25-34(36(32)38-33)29-12-8-9-13-29/h14-19,28-30,34H,4-13,20-25H2,1-3H3. The quantitative estimate of drug-likeness (QED) is 0.269. The van der Waals surface area contributed by atoms with Crippen molar-refractivity contribution in [2.75, 3.05) is 0 Å². The van der Waals surface area contributed by atoms with E-state index in [1.54, 1.807) is 0 Å². The first-order chi connectivity index (χ1) is 18.9. The molecule has 3 atom stereocenters. The van der Waals surface area contributed by atoms with E-state index in [9.17, 15) is 4.79 Å². The van der Waals surface area contributed by atoms with E-state index < -0.39 is 0 Å². The molecule has 3 unspecified atom stereocenters. The van der Waals surface area contributed by atoms with Crippen molar-refractivity contribution in [3.63, 3.8) is 0 Å². The van der Waals surface area contributed by atoms with E-state index in [1.807, 2.05) is 0 Å². The van der Waals surface area contributed by atoms with Crippen LogP contribution in [0.5, 0.6) is 0 Å². The second-order valence-electron chi connectivity index (χ2n) is 13.4. The highest BCUT2D eigenvalue weighted by Crippen LogP contribution is 2.61. The van der Waals surface area contributed by atoms with E-state index in [1.165, 1.54) is 97.9 Å². The van der Waals surface area contributed by atoms with Crippen molar-refractivity contribution in [2.45, 2.75) is 123 Å². The van der Waals surface area contributed by atoms with Crippen LogP contribution in [0.3, 0.4) is 0 Å². The Bertz CT molecular complexity index is 1140. The molecule has 0 bridgehead atoms. The molecule has 4 aliphatic rings. The summed E-state index contributed by atoms with van der Waals surface area (Å²) in [5, 5.41) is 0. The zero-order chi connectivity index (χ0) is 27.4. The van der Waals surface area contributed by atoms with E-state index >= 15 is 0 Å². The summed E-state index contributed by atoms with van der Waals surface area (Å²) in [6.45, 7) is 11.2. The van der Waals surface area contributed by atoms with Gasteiger partial charge in [0, 0.05) is 30.1 Å². The number of aromatic nitrogens is 1. The van der Waals surface area contributed by atoms with Crippen LogP contribution in [-0.4, -0.2) is 10.8 Å². The fraction of sp³-hybridized carbons (Fsp3) is 0.622. The number of hydrogen-bond donors (Lipinski definition) is 0. The van der Waals surface area contributed by atoms with Crippen LogP contribution in [0.25, 0.3) is 0 Å². The summed E-state index contributed by atoms with van der Waals surface area (Å²) in [4.78, 5) is 18.7. The third kappa shape index (κ3) is 6.58. The van der Waals surface area contributed by atoms with Crippen LogP contribution in [-0.2, 0) is 17.6 Å². The van der Waals surface area contributed by atoms with Gasteiger partial charge >= 0.3 is 0 Å². The second kappa shape index (κ2) is 12.5. The first-order valence-electron chi connectivity index (χ1n) is 16.2. The molecule has 0 aromatic carbocycles. The molecule has 0 radical (unpaired) electrons. The van der Waals surface area contributed by atoms with Crippen LogP contribution in [0, 0.1) is 23.2 Å². The Morgan fingerprint density at radius 1 is 1.08 bits per heavy atom. The summed E-state index contributed by atoms with van der Waals surface area (Å²) in [6, 6.07) is 4.63. The van der Waals surface area contributed by atoms with E-state index in [0.29, 0.717) is 29.5 Å². The highest BCUT2D eigenvalue weighted by atomic mass is 16.1. The Morgan fingerprint density at radius 3 is 2.56 bits per heavy atom. The number of rotatable bonds is 11. The van der Waals surface area contributed by atoms with Gasteiger partial charge in [-0.25, -0.2) is 0 Å². The number of hydrogen-bond acceptors (Lipinski definition) is 2. The molecule has 210 valence electrons. The minimum atomic E-state index is -0.106. The van der Waals surface area contributed by atoms with Crippen molar-refractivity contribution in [1.82, 2.24) is 4.98 Å². The van der Waals surface area contributed by atoms with Gasteiger partial charge in [0.25, 0.3) is 0 Å². The lowest BCUT2D eigenvalue weighted by atomic mass is 9.79. The van der Waals surface area contributed by atoms with Gasteiger partial charge in [0.15, 0.2) is 0 Å². The predicted molar refractivity (Wildman–Crippen MR) is 164 cm³/mol. The van der Waals surface area contributed by atoms with E-state index in [2.05, 4.69) is 63.8 Å². The Labute approximate surface area is 238 Å². The molecule has 2 saturated carbocycles. The van der Waals surface area contributed by atoms with Gasteiger partial charge in [0.2, 0.25) is 0 Å². The average molecular weight is 526 g/mol. The number of carbonyl (C=O) groups excluding carboxylic acids is 1. The molecule has 4 aliphatic carbocycles. The molecule has 5 rings (SSSR count). The van der Waals surface area contributed by atoms with Crippen molar-refractivity contribution in [3.05, 3.63) is 76.7 Å². The maximum Gasteiger partial charge on any atom is 0.143 e. The number of nitrogens with zero attached hydrogens (tertiary/aromatic N) is 1. The first kappa shape index (κ1) is 28.3. The van der Waals surface area contributed by atoms with Crippen molar-refractivity contribution in [3.8, 4) is 0 Å². The lowest BCUT2D eigenvalue weighted by molar-refractivity contribution is -0.121. The summed E-state index contributed by atoms with van der Waals surface area (Å²) >= 11 is 0. The smallest absolute Gasteiger partial charge is 0.143 e. The number of fused-ring (bicyclic) bond motifs is 1. The lowest BCUT2D eigenvalue weighted by Gasteiger charge is -2.26. The molecule has 39 heavy (non-hydrogen) atoms. The second-order valence-corrected chi connectivity index (χ2v) is 13.4. The zero-order valence-electron chi connectivity index (χ0n) is 24.9. The monoisotopic (exact) mass is 525 g/mol. The molecular formula is C37H51NO. The minimum absolute atomic E-state index is 0.106. The normalized spacial score (nSPS) is 25.1. The molecule has 1 heterocycles. The molecule has 2 heteroatoms. The Morgan fingerprint density at radius 2 is 1.85 bits per heavy atom. The number of carbonyl (C=O) groups is 1. The fourth-order valence-corrected chi connectivity index (χ4v) is 7.70. The molecule has 0 amide bonds. The summed E-state index contributed by atoms with van der Waals surface area (Å²) in [5.41, 5.74) is 8.40. The van der Waals surface area contributed by atoms with Crippen molar-refractivity contribution < 1.29 is 4.79 Å². The number of ketones is 1. The number of unbranched alkanes of at least 4 members (excludes halogenated alkanes) is 1. The SMILES string of the molecule is C=C1Cc2ccc(CC3=C(C)C=CC(C(=O)CC(CCC)CCCC)C=C3)nc2C(C2CCCC2)CC12CC2. The molecule has 1 aromatic rings. The Hall–Kier alpha value is -2.22. The van der Waals surface area contributed by atoms with Crippen LogP contribution in [0.2, 0.25) is 0 Å². The van der Waals surface area contributed by atoms with Crippen LogP contribution in [0.15, 0.2) is 59.7 Å². The molecule has 0 aliphatic heterocycles. The van der Waals surface area contributed by atoms with Gasteiger partial charge in [-0.2, -0.15) is 0 Å². The van der Waals surface area contributed by atoms with Crippen LogP contribution >= 0.6 is 0 Å². The number of pyridine rings is 1. The molecule has 2 nitrogen and oxygen atoms in total. The van der Waals surface area contributed by atoms with E-state index in [-0.39, 0.29) is 5.92 Å². The number of Topliss-reactive ketones (excluding diaryl/α,β-unsaturated/α-hetero) is 1. The predicted octanol–water partition coefficient (Wildman–Crippen LogP) is 9.80. The molecular weight excluding hydrogens is 474 g/mol. The lowest BCUT2D eigenvalue weighted by Crippen LogP contribution is -2.16. The molecule has 0 saturated heterocycles. The van der Waals surface area contributed by atoms with Gasteiger partial charge in [-0.05, 0) is 85.5 Å². The average Bonchev–Trinajstić information content (AvgIpc) is 3.60. The van der Waals surface area contributed by atoms with Crippen LogP contribution in [0.1, 0.15) is 127 Å². The summed E-state index contributed by atoms with van der Waals surface area (Å²) in [6.07, 6.45) is 26.6. The van der Waals surface area contributed by atoms with E-state index in [4.69, 9.17) is 4.98 Å². The third-order valence-electron chi connectivity index (χ3n) is 10.5. The maximum atomic E-state index is 13.3. The molecule has 0 N–H and O–H groups in total. The highest BCUT2D eigenvalue weighted by molar-refractivity contribution is 5.85. The third-order valence-corrected chi connectivity index (χ3v) is 10.5. The van der Waals surface area contributed by atoms with Gasteiger partial charge in [-0.3, -0.25) is 9.78 Å². The highest BCUT2D eigenvalue weighted by Gasteiger charge is 2.50. The molecule has 1 aromatic heterocycles. The molecule has 1 spiro atoms. The van der Waals surface area contributed by atoms with Crippen LogP contribution < -0.4 is 0 Å². The van der Waals surface area contributed by atoms with Gasteiger partial charge < -0.3 is 0 Å². The van der Waals surface area contributed by atoms with Gasteiger partial charge in [0.1, 0.15) is 5.78 Å². The molecule has 2 fully saturated rings. The Balaban J connectivity index is 1.32. The van der Waals surface area contributed by atoms with Gasteiger partial charge in [0.05, 0.1) is 5.92 Å². The van der Waals surface area contributed by atoms with Crippen molar-refractivity contribution >= 4 is 5.78 Å². The van der Waals surface area contributed by atoms with Crippen LogP contribution in [0.4, 0.5) is 0 Å². The first-order valence-corrected chi connectivity index (χ1v) is 16.2. The summed E-state index contributed by atoms with van der Waals surface area (Å²) in [7, 11) is 0. The largest absolute Gasteiger partial charge is 0.299 e. The summed E-state index contributed by atoms with van der Waals surface area (Å²) in [5.74, 6) is 2.18. The van der Waals surface area contributed by atoms with Crippen molar-refractivity contribution in [2.24, 2.45) is 23.2 Å². The number of allylic oxidation sites excluding steroid dienone is 7. The van der Waals surface area contributed by atoms with E-state index in [0.717, 1.165) is 31.6 Å². The topological polar surface area (TPSA) is 30.0 Å².